The van der Waals surface area contributed by atoms with E-state index in [9.17, 15) is 26.7 Å². The highest BCUT2D eigenvalue weighted by Gasteiger charge is 2.49. The van der Waals surface area contributed by atoms with Gasteiger partial charge in [-0.25, -0.2) is 0 Å². The molecule has 0 unspecified atom stereocenters. The van der Waals surface area contributed by atoms with Gasteiger partial charge in [0, 0.05) is 5.56 Å². The number of aromatic hydroxyl groups is 1. The molecule has 178 valence electrons. The van der Waals surface area contributed by atoms with Crippen LogP contribution in [0, 0.1) is 6.92 Å². The van der Waals surface area contributed by atoms with Crippen molar-refractivity contribution in [3.63, 3.8) is 0 Å². The van der Waals surface area contributed by atoms with Crippen LogP contribution in [0.3, 0.4) is 0 Å². The van der Waals surface area contributed by atoms with Crippen LogP contribution in [0.25, 0.3) is 0 Å². The minimum absolute atomic E-state index is 0.234. The van der Waals surface area contributed by atoms with Crippen molar-refractivity contribution in [3.05, 3.63) is 58.7 Å². The molecular formula is C24H31F3O4S. The average Bonchev–Trinajstić information content (AvgIpc) is 2.59. The van der Waals surface area contributed by atoms with Crippen LogP contribution in [0.2, 0.25) is 0 Å². The van der Waals surface area contributed by atoms with E-state index in [1.165, 1.54) is 6.07 Å². The number of aryl methyl sites for hydroxylation is 2. The molecule has 0 amide bonds. The lowest BCUT2D eigenvalue weighted by Gasteiger charge is -2.27. The van der Waals surface area contributed by atoms with Gasteiger partial charge in [-0.2, -0.15) is 21.6 Å². The number of rotatable bonds is 7. The SMILES string of the molecule is Cc1ccc(C(C)(C)CCCc2ccc(C(C)(C)C)c(OS(=O)(=O)C(F)(F)F)c2)c(O)c1. The summed E-state index contributed by atoms with van der Waals surface area (Å²) >= 11 is 0. The summed E-state index contributed by atoms with van der Waals surface area (Å²) in [6.07, 6.45) is 1.91. The first-order valence-corrected chi connectivity index (χ1v) is 11.8. The van der Waals surface area contributed by atoms with Gasteiger partial charge < -0.3 is 9.29 Å². The summed E-state index contributed by atoms with van der Waals surface area (Å²) in [5.74, 6) is -0.0691. The first-order chi connectivity index (χ1) is 14.4. The summed E-state index contributed by atoms with van der Waals surface area (Å²) in [6, 6.07) is 10.3. The van der Waals surface area contributed by atoms with Crippen LogP contribution in [0.1, 0.15) is 69.7 Å². The van der Waals surface area contributed by atoms with Crippen LogP contribution in [-0.2, 0) is 27.4 Å². The quantitative estimate of drug-likeness (QED) is 0.368. The molecular weight excluding hydrogens is 441 g/mol. The monoisotopic (exact) mass is 472 g/mol. The van der Waals surface area contributed by atoms with Crippen LogP contribution in [0.15, 0.2) is 36.4 Å². The third kappa shape index (κ3) is 6.18. The summed E-state index contributed by atoms with van der Waals surface area (Å²) < 4.78 is 66.3. The molecule has 0 radical (unpaired) electrons. The number of hydrogen-bond donors (Lipinski definition) is 1. The Morgan fingerprint density at radius 3 is 2.06 bits per heavy atom. The summed E-state index contributed by atoms with van der Waals surface area (Å²) in [6.45, 7) is 11.2. The fourth-order valence-electron chi connectivity index (χ4n) is 3.66. The Morgan fingerprint density at radius 2 is 1.53 bits per heavy atom. The molecule has 32 heavy (non-hydrogen) atoms. The van der Waals surface area contributed by atoms with Gasteiger partial charge in [-0.3, -0.25) is 0 Å². The van der Waals surface area contributed by atoms with Crippen LogP contribution in [0.4, 0.5) is 13.2 Å². The fraction of sp³-hybridized carbons (Fsp3) is 0.500. The van der Waals surface area contributed by atoms with E-state index in [2.05, 4.69) is 4.18 Å². The summed E-state index contributed by atoms with van der Waals surface area (Å²) in [4.78, 5) is 0. The van der Waals surface area contributed by atoms with Gasteiger partial charge in [-0.15, -0.1) is 0 Å². The van der Waals surface area contributed by atoms with E-state index in [0.29, 0.717) is 30.4 Å². The minimum Gasteiger partial charge on any atom is -0.508 e. The number of halogens is 3. The maximum Gasteiger partial charge on any atom is 0.534 e. The molecule has 0 saturated carbocycles. The molecule has 0 aromatic heterocycles. The lowest BCUT2D eigenvalue weighted by Crippen LogP contribution is -2.29. The Bertz CT molecular complexity index is 1070. The normalized spacial score (nSPS) is 13.3. The zero-order valence-corrected chi connectivity index (χ0v) is 20.1. The van der Waals surface area contributed by atoms with E-state index in [0.717, 1.165) is 11.1 Å². The van der Waals surface area contributed by atoms with Crippen molar-refractivity contribution >= 4 is 10.1 Å². The van der Waals surface area contributed by atoms with Crippen molar-refractivity contribution in [1.29, 1.82) is 0 Å². The zero-order chi connectivity index (χ0) is 24.5. The molecule has 2 aromatic carbocycles. The van der Waals surface area contributed by atoms with Gasteiger partial charge in [-0.1, -0.05) is 58.9 Å². The lowest BCUT2D eigenvalue weighted by molar-refractivity contribution is -0.0500. The molecule has 8 heteroatoms. The van der Waals surface area contributed by atoms with Gasteiger partial charge in [0.15, 0.2) is 0 Å². The summed E-state index contributed by atoms with van der Waals surface area (Å²) in [7, 11) is -5.77. The molecule has 0 aliphatic carbocycles. The molecule has 0 fully saturated rings. The molecule has 0 saturated heterocycles. The maximum atomic E-state index is 12.9. The Balaban J connectivity index is 2.24. The van der Waals surface area contributed by atoms with Gasteiger partial charge in [0.25, 0.3) is 0 Å². The molecule has 0 aliphatic heterocycles. The molecule has 0 heterocycles. The predicted molar refractivity (Wildman–Crippen MR) is 120 cm³/mol. The van der Waals surface area contributed by atoms with Gasteiger partial charge in [0.2, 0.25) is 0 Å². The molecule has 0 spiro atoms. The average molecular weight is 473 g/mol. The molecule has 2 rings (SSSR count). The second-order valence-corrected chi connectivity index (χ2v) is 11.4. The fourth-order valence-corrected chi connectivity index (χ4v) is 4.13. The van der Waals surface area contributed by atoms with Crippen LogP contribution < -0.4 is 4.18 Å². The molecule has 0 aliphatic rings. The standard InChI is InChI=1S/C24H31F3O4S/c1-16-9-11-18(20(28)14-16)23(5,6)13-7-8-17-10-12-19(22(2,3)4)21(15-17)31-32(29,30)24(25,26)27/h9-12,14-15,28H,7-8,13H2,1-6H3. The summed E-state index contributed by atoms with van der Waals surface area (Å²) in [5, 5.41) is 10.3. The number of phenols is 1. The lowest BCUT2D eigenvalue weighted by atomic mass is 9.79. The smallest absolute Gasteiger partial charge is 0.508 e. The maximum absolute atomic E-state index is 12.9. The number of hydrogen-bond acceptors (Lipinski definition) is 4. The second-order valence-electron chi connectivity index (χ2n) is 9.82. The van der Waals surface area contributed by atoms with Crippen molar-refractivity contribution in [3.8, 4) is 11.5 Å². The molecule has 0 bridgehead atoms. The zero-order valence-electron chi connectivity index (χ0n) is 19.3. The topological polar surface area (TPSA) is 63.6 Å². The van der Waals surface area contributed by atoms with Crippen molar-refractivity contribution in [2.75, 3.05) is 0 Å². The highest BCUT2D eigenvalue weighted by Crippen LogP contribution is 2.38. The largest absolute Gasteiger partial charge is 0.534 e. The highest BCUT2D eigenvalue weighted by molar-refractivity contribution is 7.88. The Kier molecular flexibility index (Phi) is 7.29. The van der Waals surface area contributed by atoms with E-state index in [1.54, 1.807) is 39.0 Å². The van der Waals surface area contributed by atoms with E-state index >= 15 is 0 Å². The third-order valence-electron chi connectivity index (χ3n) is 5.49. The van der Waals surface area contributed by atoms with Crippen LogP contribution >= 0.6 is 0 Å². The Labute approximate surface area is 188 Å². The number of alkyl halides is 3. The van der Waals surface area contributed by atoms with Crippen molar-refractivity contribution in [1.82, 2.24) is 0 Å². The second kappa shape index (κ2) is 8.96. The van der Waals surface area contributed by atoms with Crippen molar-refractivity contribution < 1.29 is 30.9 Å². The highest BCUT2D eigenvalue weighted by atomic mass is 32.2. The molecule has 2 aromatic rings. The van der Waals surface area contributed by atoms with E-state index in [-0.39, 0.29) is 16.9 Å². The third-order valence-corrected chi connectivity index (χ3v) is 6.45. The number of benzene rings is 2. The van der Waals surface area contributed by atoms with Gasteiger partial charge >= 0.3 is 15.6 Å². The van der Waals surface area contributed by atoms with Crippen LogP contribution in [0.5, 0.6) is 11.5 Å². The minimum atomic E-state index is -5.77. The van der Waals surface area contributed by atoms with E-state index < -0.39 is 21.0 Å². The predicted octanol–water partition coefficient (Wildman–Crippen LogP) is 6.53. The Hall–Kier alpha value is -2.22. The van der Waals surface area contributed by atoms with Gasteiger partial charge in [0.1, 0.15) is 11.5 Å². The molecule has 1 N–H and O–H groups in total. The van der Waals surface area contributed by atoms with E-state index in [4.69, 9.17) is 0 Å². The van der Waals surface area contributed by atoms with Crippen molar-refractivity contribution in [2.24, 2.45) is 0 Å². The van der Waals surface area contributed by atoms with E-state index in [1.807, 2.05) is 32.9 Å². The summed E-state index contributed by atoms with van der Waals surface area (Å²) in [5.41, 5.74) is -3.60. The van der Waals surface area contributed by atoms with Gasteiger partial charge in [0.05, 0.1) is 0 Å². The molecule has 4 nitrogen and oxygen atoms in total. The van der Waals surface area contributed by atoms with Crippen LogP contribution in [-0.4, -0.2) is 19.0 Å². The van der Waals surface area contributed by atoms with Gasteiger partial charge in [-0.05, 0) is 65.8 Å². The number of phenolic OH excluding ortho intramolecular Hbond substituents is 1. The molecule has 0 atom stereocenters. The first kappa shape index (κ1) is 26.0. The van der Waals surface area contributed by atoms with Crippen molar-refractivity contribution in [2.45, 2.75) is 77.1 Å². The first-order valence-electron chi connectivity index (χ1n) is 10.4. The Morgan fingerprint density at radius 1 is 0.938 bits per heavy atom.